The second-order valence-electron chi connectivity index (χ2n) is 4.11. The molecule has 3 nitrogen and oxygen atoms in total. The van der Waals surface area contributed by atoms with Crippen LogP contribution in [0.15, 0.2) is 53.3 Å². The van der Waals surface area contributed by atoms with E-state index in [1.54, 1.807) is 35.1 Å². The van der Waals surface area contributed by atoms with Gasteiger partial charge in [-0.3, -0.25) is 0 Å². The lowest BCUT2D eigenvalue weighted by atomic mass is 10.2. The maximum absolute atomic E-state index is 13.4. The Hall–Kier alpha value is -2.08. The van der Waals surface area contributed by atoms with E-state index in [1.807, 2.05) is 0 Å². The zero-order valence-corrected chi connectivity index (χ0v) is 11.7. The standard InChI is InChI=1S/C14H8BrF2N3/c15-13-7-9(8-14(17)19-13)12-5-6-18-20(12)11-3-1-10(16)2-4-11/h1-8H. The monoisotopic (exact) mass is 335 g/mol. The summed E-state index contributed by atoms with van der Waals surface area (Å²) in [4.78, 5) is 3.63. The van der Waals surface area contributed by atoms with Crippen LogP contribution in [-0.2, 0) is 0 Å². The molecule has 0 spiro atoms. The van der Waals surface area contributed by atoms with Gasteiger partial charge in [-0.25, -0.2) is 14.1 Å². The predicted octanol–water partition coefficient (Wildman–Crippen LogP) is 3.98. The Bertz CT molecular complexity index is 733. The number of aromatic nitrogens is 3. The van der Waals surface area contributed by atoms with Gasteiger partial charge in [0, 0.05) is 11.6 Å². The van der Waals surface area contributed by atoms with Gasteiger partial charge < -0.3 is 0 Å². The number of pyridine rings is 1. The molecule has 0 radical (unpaired) electrons. The van der Waals surface area contributed by atoms with Crippen molar-refractivity contribution in [2.24, 2.45) is 0 Å². The summed E-state index contributed by atoms with van der Waals surface area (Å²) in [6.45, 7) is 0. The van der Waals surface area contributed by atoms with Crippen LogP contribution >= 0.6 is 15.9 Å². The Morgan fingerprint density at radius 1 is 1.00 bits per heavy atom. The number of hydrogen-bond acceptors (Lipinski definition) is 2. The van der Waals surface area contributed by atoms with Crippen molar-refractivity contribution in [3.05, 3.63) is 65.0 Å². The van der Waals surface area contributed by atoms with Crippen LogP contribution in [0.1, 0.15) is 0 Å². The molecule has 0 aliphatic carbocycles. The van der Waals surface area contributed by atoms with Crippen LogP contribution in [0, 0.1) is 11.8 Å². The molecule has 1 aromatic carbocycles. The van der Waals surface area contributed by atoms with E-state index in [2.05, 4.69) is 26.0 Å². The number of nitrogens with zero attached hydrogens (tertiary/aromatic N) is 3. The van der Waals surface area contributed by atoms with Gasteiger partial charge in [0.15, 0.2) is 0 Å². The van der Waals surface area contributed by atoms with Crippen molar-refractivity contribution < 1.29 is 8.78 Å². The molecule has 2 heterocycles. The fourth-order valence-electron chi connectivity index (χ4n) is 1.92. The Kier molecular flexibility index (Phi) is 3.31. The zero-order valence-electron chi connectivity index (χ0n) is 10.1. The van der Waals surface area contributed by atoms with Crippen LogP contribution < -0.4 is 0 Å². The van der Waals surface area contributed by atoms with Crippen molar-refractivity contribution in [2.75, 3.05) is 0 Å². The van der Waals surface area contributed by atoms with Crippen molar-refractivity contribution in [3.63, 3.8) is 0 Å². The van der Waals surface area contributed by atoms with E-state index in [4.69, 9.17) is 0 Å². The topological polar surface area (TPSA) is 30.7 Å². The van der Waals surface area contributed by atoms with E-state index in [0.717, 1.165) is 0 Å². The van der Waals surface area contributed by atoms with Gasteiger partial charge >= 0.3 is 0 Å². The molecule has 0 atom stereocenters. The molecule has 0 N–H and O–H groups in total. The van der Waals surface area contributed by atoms with Gasteiger partial charge in [0.25, 0.3) is 0 Å². The molecular weight excluding hydrogens is 328 g/mol. The fourth-order valence-corrected chi connectivity index (χ4v) is 2.34. The summed E-state index contributed by atoms with van der Waals surface area (Å²) in [6, 6.07) is 10.7. The largest absolute Gasteiger partial charge is 0.233 e. The van der Waals surface area contributed by atoms with Crippen LogP contribution in [0.25, 0.3) is 16.9 Å². The molecular formula is C14H8BrF2N3. The number of benzene rings is 1. The minimum absolute atomic E-state index is 0.319. The molecule has 0 saturated carbocycles. The smallest absolute Gasteiger partial charge is 0.214 e. The zero-order chi connectivity index (χ0) is 14.1. The van der Waals surface area contributed by atoms with E-state index in [1.165, 1.54) is 18.2 Å². The second kappa shape index (κ2) is 5.13. The van der Waals surface area contributed by atoms with Crippen LogP contribution in [0.4, 0.5) is 8.78 Å². The molecule has 0 amide bonds. The number of hydrogen-bond donors (Lipinski definition) is 0. The van der Waals surface area contributed by atoms with E-state index in [0.29, 0.717) is 21.5 Å². The minimum Gasteiger partial charge on any atom is -0.233 e. The van der Waals surface area contributed by atoms with Gasteiger partial charge in [-0.05, 0) is 52.3 Å². The molecule has 20 heavy (non-hydrogen) atoms. The molecule has 100 valence electrons. The first-order chi connectivity index (χ1) is 9.63. The van der Waals surface area contributed by atoms with Gasteiger partial charge in [0.05, 0.1) is 17.6 Å². The van der Waals surface area contributed by atoms with Gasteiger partial charge in [-0.1, -0.05) is 0 Å². The van der Waals surface area contributed by atoms with Gasteiger partial charge in [-0.15, -0.1) is 0 Å². The quantitative estimate of drug-likeness (QED) is 0.663. The maximum atomic E-state index is 13.4. The Balaban J connectivity index is 2.12. The van der Waals surface area contributed by atoms with Crippen LogP contribution in [0.5, 0.6) is 0 Å². The molecule has 0 bridgehead atoms. The molecule has 0 aliphatic heterocycles. The number of rotatable bonds is 2. The highest BCUT2D eigenvalue weighted by molar-refractivity contribution is 9.10. The molecule has 0 saturated heterocycles. The maximum Gasteiger partial charge on any atom is 0.214 e. The highest BCUT2D eigenvalue weighted by atomic mass is 79.9. The van der Waals surface area contributed by atoms with E-state index in [9.17, 15) is 8.78 Å². The molecule has 0 aliphatic rings. The highest BCUT2D eigenvalue weighted by Gasteiger charge is 2.10. The first-order valence-electron chi connectivity index (χ1n) is 5.77. The summed E-state index contributed by atoms with van der Waals surface area (Å²) in [5.74, 6) is -0.901. The average Bonchev–Trinajstić information content (AvgIpc) is 2.87. The summed E-state index contributed by atoms with van der Waals surface area (Å²) < 4.78 is 28.4. The van der Waals surface area contributed by atoms with Crippen LogP contribution in [-0.4, -0.2) is 14.8 Å². The van der Waals surface area contributed by atoms with Gasteiger partial charge in [0.1, 0.15) is 10.4 Å². The van der Waals surface area contributed by atoms with Gasteiger partial charge in [0.2, 0.25) is 5.95 Å². The molecule has 2 aromatic heterocycles. The van der Waals surface area contributed by atoms with Crippen LogP contribution in [0.2, 0.25) is 0 Å². The highest BCUT2D eigenvalue weighted by Crippen LogP contribution is 2.25. The van der Waals surface area contributed by atoms with Crippen molar-refractivity contribution in [1.82, 2.24) is 14.8 Å². The van der Waals surface area contributed by atoms with E-state index < -0.39 is 5.95 Å². The molecule has 0 fully saturated rings. The first kappa shape index (κ1) is 12.9. The normalized spacial score (nSPS) is 10.8. The Labute approximate surface area is 122 Å². The lowest BCUT2D eigenvalue weighted by Gasteiger charge is -2.08. The number of halogens is 3. The fraction of sp³-hybridized carbons (Fsp3) is 0. The summed E-state index contributed by atoms with van der Waals surface area (Å²) in [5, 5.41) is 4.19. The molecule has 3 rings (SSSR count). The van der Waals surface area contributed by atoms with E-state index in [-0.39, 0.29) is 5.82 Å². The van der Waals surface area contributed by atoms with E-state index >= 15 is 0 Å². The molecule has 6 heteroatoms. The Morgan fingerprint density at radius 2 is 1.75 bits per heavy atom. The third-order valence-corrected chi connectivity index (χ3v) is 3.18. The van der Waals surface area contributed by atoms with Crippen molar-refractivity contribution in [1.29, 1.82) is 0 Å². The summed E-state index contributed by atoms with van der Waals surface area (Å²) >= 11 is 3.16. The average molecular weight is 336 g/mol. The SMILES string of the molecule is Fc1ccc(-n2nccc2-c2cc(F)nc(Br)c2)cc1. The third kappa shape index (κ3) is 2.46. The van der Waals surface area contributed by atoms with Gasteiger partial charge in [-0.2, -0.15) is 9.49 Å². The lowest BCUT2D eigenvalue weighted by Crippen LogP contribution is -1.99. The molecule has 0 unspecified atom stereocenters. The Morgan fingerprint density at radius 3 is 2.45 bits per heavy atom. The first-order valence-corrected chi connectivity index (χ1v) is 6.56. The summed E-state index contributed by atoms with van der Waals surface area (Å²) in [6.07, 6.45) is 1.60. The lowest BCUT2D eigenvalue weighted by molar-refractivity contribution is 0.581. The molecule has 3 aromatic rings. The van der Waals surface area contributed by atoms with Crippen LogP contribution in [0.3, 0.4) is 0 Å². The minimum atomic E-state index is -0.582. The van der Waals surface area contributed by atoms with Crippen molar-refractivity contribution in [3.8, 4) is 16.9 Å². The van der Waals surface area contributed by atoms with Crippen molar-refractivity contribution >= 4 is 15.9 Å². The summed E-state index contributed by atoms with van der Waals surface area (Å²) in [7, 11) is 0. The van der Waals surface area contributed by atoms with Crippen molar-refractivity contribution in [2.45, 2.75) is 0 Å². The predicted molar refractivity (Wildman–Crippen MR) is 74.4 cm³/mol. The third-order valence-electron chi connectivity index (χ3n) is 2.77. The second-order valence-corrected chi connectivity index (χ2v) is 4.92. The summed E-state index contributed by atoms with van der Waals surface area (Å²) in [5.41, 5.74) is 2.02.